The third kappa shape index (κ3) is 5.01. The maximum absolute atomic E-state index is 6.84. The summed E-state index contributed by atoms with van der Waals surface area (Å²) >= 11 is 0. The largest absolute Gasteiger partial charge is 0.458 e. The molecule has 4 nitrogen and oxygen atoms in total. The lowest BCUT2D eigenvalue weighted by atomic mass is 9.86. The summed E-state index contributed by atoms with van der Waals surface area (Å²) in [4.78, 5) is 12.7. The van der Waals surface area contributed by atoms with E-state index in [0.29, 0.717) is 0 Å². The van der Waals surface area contributed by atoms with Crippen LogP contribution in [0.5, 0.6) is 0 Å². The third-order valence-electron chi connectivity index (χ3n) is 12.1. The maximum atomic E-state index is 6.84. The Balaban J connectivity index is 0.957. The Morgan fingerprint density at radius 2 is 1.03 bits per heavy atom. The van der Waals surface area contributed by atoms with Crippen LogP contribution in [0.1, 0.15) is 17.4 Å². The van der Waals surface area contributed by atoms with Crippen molar-refractivity contribution in [2.75, 3.05) is 11.9 Å². The van der Waals surface area contributed by atoms with Gasteiger partial charge in [-0.25, -0.2) is 9.97 Å². The van der Waals surface area contributed by atoms with Gasteiger partial charge in [-0.15, -0.1) is 0 Å². The number of fused-ring (bicyclic) bond motifs is 11. The Morgan fingerprint density at radius 3 is 1.78 bits per heavy atom. The Hall–Kier alpha value is -7.56. The van der Waals surface area contributed by atoms with Crippen LogP contribution in [-0.2, 0) is 0 Å². The topological polar surface area (TPSA) is 42.2 Å². The van der Waals surface area contributed by atoms with Gasteiger partial charge in [-0.2, -0.15) is 0 Å². The van der Waals surface area contributed by atoms with E-state index < -0.39 is 0 Å². The molecule has 0 bridgehead atoms. The number of rotatable bonds is 4. The Labute approximate surface area is 335 Å². The SMILES string of the molecule is CN1c2ccc(-c3cc4ccccc4c4ccccc34)cc2-c2c(oc3ccccc23)C1c1ccc(-c2ccc3ccc4ccc(-c5ccccc5)nc4c3n2)cc1. The normalized spacial score (nSPS) is 13.7. The van der Waals surface area contributed by atoms with E-state index in [-0.39, 0.29) is 6.04 Å². The van der Waals surface area contributed by atoms with Gasteiger partial charge < -0.3 is 9.32 Å². The van der Waals surface area contributed by atoms with Crippen molar-refractivity contribution in [3.05, 3.63) is 199 Å². The number of para-hydroxylation sites is 1. The molecule has 12 rings (SSSR count). The summed E-state index contributed by atoms with van der Waals surface area (Å²) in [5, 5.41) is 8.31. The van der Waals surface area contributed by atoms with E-state index in [0.717, 1.165) is 72.2 Å². The van der Waals surface area contributed by atoms with Crippen LogP contribution in [0.4, 0.5) is 5.69 Å². The van der Waals surface area contributed by atoms with Gasteiger partial charge in [-0.05, 0) is 74.6 Å². The van der Waals surface area contributed by atoms with Crippen LogP contribution in [0.25, 0.3) is 99.1 Å². The molecule has 0 aliphatic carbocycles. The maximum Gasteiger partial charge on any atom is 0.140 e. The minimum atomic E-state index is -0.120. The first-order chi connectivity index (χ1) is 28.7. The molecule has 0 radical (unpaired) electrons. The van der Waals surface area contributed by atoms with Gasteiger partial charge in [-0.3, -0.25) is 0 Å². The molecule has 0 saturated carbocycles. The molecule has 0 spiro atoms. The Morgan fingerprint density at radius 1 is 0.448 bits per heavy atom. The second-order valence-corrected chi connectivity index (χ2v) is 15.4. The van der Waals surface area contributed by atoms with Crippen molar-refractivity contribution in [1.82, 2.24) is 9.97 Å². The fraction of sp³-hybridized carbons (Fsp3) is 0.0370. The van der Waals surface area contributed by atoms with Crippen molar-refractivity contribution in [3.63, 3.8) is 0 Å². The molecule has 8 aromatic carbocycles. The fourth-order valence-corrected chi connectivity index (χ4v) is 9.26. The summed E-state index contributed by atoms with van der Waals surface area (Å²) in [6, 6.07) is 67.0. The lowest BCUT2D eigenvalue weighted by Crippen LogP contribution is -2.28. The zero-order valence-corrected chi connectivity index (χ0v) is 31.7. The quantitative estimate of drug-likeness (QED) is 0.168. The summed E-state index contributed by atoms with van der Waals surface area (Å²) in [5.41, 5.74) is 13.8. The zero-order valence-electron chi connectivity index (χ0n) is 31.7. The zero-order chi connectivity index (χ0) is 38.3. The second-order valence-electron chi connectivity index (χ2n) is 15.4. The smallest absolute Gasteiger partial charge is 0.140 e. The van der Waals surface area contributed by atoms with Crippen LogP contribution in [0.15, 0.2) is 192 Å². The number of aromatic nitrogens is 2. The molecule has 4 heteroatoms. The predicted octanol–water partition coefficient (Wildman–Crippen LogP) is 14.0. The molecule has 0 amide bonds. The van der Waals surface area contributed by atoms with Crippen molar-refractivity contribution in [2.45, 2.75) is 6.04 Å². The molecular weight excluding hydrogens is 707 g/mol. The number of benzene rings is 8. The van der Waals surface area contributed by atoms with Crippen molar-refractivity contribution < 1.29 is 4.42 Å². The monoisotopic (exact) mass is 741 g/mol. The van der Waals surface area contributed by atoms with E-state index in [1.165, 1.54) is 43.9 Å². The lowest BCUT2D eigenvalue weighted by molar-refractivity contribution is 0.514. The van der Waals surface area contributed by atoms with E-state index in [1.807, 2.05) is 18.2 Å². The molecule has 0 saturated heterocycles. The van der Waals surface area contributed by atoms with Crippen molar-refractivity contribution in [3.8, 4) is 44.8 Å². The number of nitrogens with zero attached hydrogens (tertiary/aromatic N) is 3. The van der Waals surface area contributed by atoms with Gasteiger partial charge in [-0.1, -0.05) is 152 Å². The molecule has 0 fully saturated rings. The molecule has 272 valence electrons. The van der Waals surface area contributed by atoms with E-state index in [2.05, 4.69) is 182 Å². The molecule has 1 unspecified atom stereocenters. The minimum Gasteiger partial charge on any atom is -0.458 e. The molecular formula is C54H35N3O. The van der Waals surface area contributed by atoms with Crippen molar-refractivity contribution in [2.24, 2.45) is 0 Å². The first-order valence-corrected chi connectivity index (χ1v) is 19.8. The number of furan rings is 1. The Kier molecular flexibility index (Phi) is 7.17. The van der Waals surface area contributed by atoms with Crippen LogP contribution in [-0.4, -0.2) is 17.0 Å². The van der Waals surface area contributed by atoms with Gasteiger partial charge >= 0.3 is 0 Å². The standard InChI is InChI=1S/C54H35N3O/c1-57-48-30-27-39(44-31-38-13-5-6-14-40(38)41-15-7-8-16-42(41)44)32-45(48)50-43-17-9-10-18-49(43)58-54(50)53(57)37-23-19-34(20-24-37)47-29-26-36-22-21-35-25-28-46(33-11-3-2-4-12-33)55-51(35)52(36)56-47/h2-32,53H,1H3. The number of hydrogen-bond donors (Lipinski definition) is 0. The first-order valence-electron chi connectivity index (χ1n) is 19.8. The van der Waals surface area contributed by atoms with Gasteiger partial charge in [0, 0.05) is 51.1 Å². The Bertz CT molecular complexity index is 3420. The highest BCUT2D eigenvalue weighted by molar-refractivity contribution is 6.14. The lowest BCUT2D eigenvalue weighted by Gasteiger charge is -2.35. The highest BCUT2D eigenvalue weighted by Crippen LogP contribution is 2.52. The number of hydrogen-bond acceptors (Lipinski definition) is 4. The van der Waals surface area contributed by atoms with E-state index in [1.54, 1.807) is 0 Å². The van der Waals surface area contributed by atoms with Gasteiger partial charge in [0.05, 0.1) is 22.4 Å². The minimum absolute atomic E-state index is 0.120. The van der Waals surface area contributed by atoms with Gasteiger partial charge in [0.15, 0.2) is 0 Å². The van der Waals surface area contributed by atoms with Crippen molar-refractivity contribution >= 4 is 60.0 Å². The molecule has 4 heterocycles. The third-order valence-corrected chi connectivity index (χ3v) is 12.1. The summed E-state index contributed by atoms with van der Waals surface area (Å²) < 4.78 is 6.84. The molecule has 1 aliphatic heterocycles. The first kappa shape index (κ1) is 32.7. The van der Waals surface area contributed by atoms with E-state index in [9.17, 15) is 0 Å². The van der Waals surface area contributed by atoms with Crippen LogP contribution in [0.3, 0.4) is 0 Å². The predicted molar refractivity (Wildman–Crippen MR) is 240 cm³/mol. The van der Waals surface area contributed by atoms with Crippen LogP contribution < -0.4 is 4.90 Å². The summed E-state index contributed by atoms with van der Waals surface area (Å²) in [5.74, 6) is 0.958. The highest BCUT2D eigenvalue weighted by atomic mass is 16.3. The van der Waals surface area contributed by atoms with Crippen molar-refractivity contribution in [1.29, 1.82) is 0 Å². The van der Waals surface area contributed by atoms with E-state index >= 15 is 0 Å². The summed E-state index contributed by atoms with van der Waals surface area (Å²) in [6.45, 7) is 0. The van der Waals surface area contributed by atoms with Crippen LogP contribution in [0, 0.1) is 0 Å². The molecule has 58 heavy (non-hydrogen) atoms. The van der Waals surface area contributed by atoms with Crippen LogP contribution in [0.2, 0.25) is 0 Å². The number of pyridine rings is 2. The average molecular weight is 742 g/mol. The van der Waals surface area contributed by atoms with Gasteiger partial charge in [0.2, 0.25) is 0 Å². The van der Waals surface area contributed by atoms with Gasteiger partial charge in [0.1, 0.15) is 17.4 Å². The summed E-state index contributed by atoms with van der Waals surface area (Å²) in [6.07, 6.45) is 0. The summed E-state index contributed by atoms with van der Waals surface area (Å²) in [7, 11) is 2.19. The van der Waals surface area contributed by atoms with E-state index in [4.69, 9.17) is 14.4 Å². The molecule has 0 N–H and O–H groups in total. The second kappa shape index (κ2) is 12.7. The van der Waals surface area contributed by atoms with Crippen LogP contribution >= 0.6 is 0 Å². The average Bonchev–Trinajstić information content (AvgIpc) is 3.68. The molecule has 1 atom stereocenters. The van der Waals surface area contributed by atoms with Gasteiger partial charge in [0.25, 0.3) is 0 Å². The molecule has 1 aliphatic rings. The number of anilines is 1. The highest BCUT2D eigenvalue weighted by Gasteiger charge is 2.35. The molecule has 11 aromatic rings. The fourth-order valence-electron chi connectivity index (χ4n) is 9.26. The molecule has 3 aromatic heterocycles.